The molecule has 0 aliphatic heterocycles. The van der Waals surface area contributed by atoms with Crippen LogP contribution in [0.4, 0.5) is 0 Å². The van der Waals surface area contributed by atoms with Crippen molar-refractivity contribution < 1.29 is 4.42 Å². The summed E-state index contributed by atoms with van der Waals surface area (Å²) in [5.74, 6) is 1.82. The average Bonchev–Trinajstić information content (AvgIpc) is 3.11. The first-order valence-electron chi connectivity index (χ1n) is 8.78. The second-order valence-corrected chi connectivity index (χ2v) is 6.81. The number of thioether (sulfide) groups is 1. The van der Waals surface area contributed by atoms with E-state index in [1.807, 2.05) is 36.4 Å². The fourth-order valence-corrected chi connectivity index (χ4v) is 3.56. The minimum Gasteiger partial charge on any atom is -0.431 e. The molecule has 0 aliphatic carbocycles. The van der Waals surface area contributed by atoms with Crippen LogP contribution in [0.3, 0.4) is 0 Å². The second-order valence-electron chi connectivity index (χ2n) is 5.76. The third-order valence-corrected chi connectivity index (χ3v) is 5.03. The minimum absolute atomic E-state index is 0.741. The summed E-state index contributed by atoms with van der Waals surface area (Å²) in [7, 11) is 0. The molecule has 0 radical (unpaired) electrons. The fourth-order valence-electron chi connectivity index (χ4n) is 2.74. The third kappa shape index (κ3) is 4.53. The first kappa shape index (κ1) is 17.8. The molecule has 0 saturated carbocycles. The summed E-state index contributed by atoms with van der Waals surface area (Å²) in [6, 6.07) is 20.4. The van der Waals surface area contributed by atoms with Gasteiger partial charge in [0.15, 0.2) is 5.76 Å². The maximum absolute atomic E-state index is 6.14. The molecule has 0 bridgehead atoms. The molecule has 0 saturated heterocycles. The highest BCUT2D eigenvalue weighted by Crippen LogP contribution is 2.35. The summed E-state index contributed by atoms with van der Waals surface area (Å²) in [5, 5.41) is 0.741. The minimum atomic E-state index is 0.741. The Hall–Kier alpha value is -2.04. The van der Waals surface area contributed by atoms with Crippen molar-refractivity contribution >= 4 is 11.8 Å². The molecule has 1 aromatic heterocycles. The molecular weight excluding hydrogens is 328 g/mol. The number of rotatable bonds is 8. The van der Waals surface area contributed by atoms with Crippen LogP contribution in [0.25, 0.3) is 22.6 Å². The van der Waals surface area contributed by atoms with Crippen LogP contribution in [0, 0.1) is 0 Å². The summed E-state index contributed by atoms with van der Waals surface area (Å²) in [4.78, 5) is 7.19. The first-order chi connectivity index (χ1) is 12.3. The molecule has 130 valence electrons. The molecule has 25 heavy (non-hydrogen) atoms. The normalized spacial score (nSPS) is 11.2. The largest absolute Gasteiger partial charge is 0.431 e. The number of benzene rings is 2. The van der Waals surface area contributed by atoms with Crippen LogP contribution in [0.1, 0.15) is 13.8 Å². The standard InChI is InChI=1S/C21H24N2OS/c1-3-23(4-2)15-16-25-21-22-19(17-11-7-5-8-12-17)20(24-21)18-13-9-6-10-14-18/h5-14H,3-4,15-16H2,1-2H3. The summed E-state index contributed by atoms with van der Waals surface area (Å²) in [5.41, 5.74) is 3.06. The molecule has 0 atom stereocenters. The van der Waals surface area contributed by atoms with Gasteiger partial charge in [0, 0.05) is 23.4 Å². The smallest absolute Gasteiger partial charge is 0.256 e. The predicted octanol–water partition coefficient (Wildman–Crippen LogP) is 5.44. The molecule has 1 heterocycles. The van der Waals surface area contributed by atoms with Crippen molar-refractivity contribution in [3.63, 3.8) is 0 Å². The topological polar surface area (TPSA) is 29.3 Å². The Morgan fingerprint density at radius 2 is 1.48 bits per heavy atom. The van der Waals surface area contributed by atoms with Crippen LogP contribution in [0.15, 0.2) is 70.3 Å². The summed E-state index contributed by atoms with van der Waals surface area (Å²) >= 11 is 1.68. The average molecular weight is 353 g/mol. The van der Waals surface area contributed by atoms with E-state index in [9.17, 15) is 0 Å². The van der Waals surface area contributed by atoms with Gasteiger partial charge in [0.05, 0.1) is 0 Å². The zero-order chi connectivity index (χ0) is 17.5. The van der Waals surface area contributed by atoms with Gasteiger partial charge in [-0.05, 0) is 13.1 Å². The van der Waals surface area contributed by atoms with Crippen molar-refractivity contribution in [1.82, 2.24) is 9.88 Å². The molecule has 0 amide bonds. The van der Waals surface area contributed by atoms with E-state index >= 15 is 0 Å². The third-order valence-electron chi connectivity index (χ3n) is 4.22. The fraction of sp³-hybridized carbons (Fsp3) is 0.286. The van der Waals surface area contributed by atoms with Gasteiger partial charge in [0.25, 0.3) is 5.22 Å². The van der Waals surface area contributed by atoms with Crippen LogP contribution in [0.5, 0.6) is 0 Å². The van der Waals surface area contributed by atoms with Crippen LogP contribution in [-0.2, 0) is 0 Å². The Labute approximate surface area is 154 Å². The van der Waals surface area contributed by atoms with Crippen molar-refractivity contribution in [1.29, 1.82) is 0 Å². The molecule has 0 spiro atoms. The second kappa shape index (κ2) is 8.88. The molecule has 3 aromatic rings. The van der Waals surface area contributed by atoms with Crippen molar-refractivity contribution in [2.24, 2.45) is 0 Å². The summed E-state index contributed by atoms with van der Waals surface area (Å²) in [6.07, 6.45) is 0. The lowest BCUT2D eigenvalue weighted by Crippen LogP contribution is -2.25. The van der Waals surface area contributed by atoms with Gasteiger partial charge in [-0.15, -0.1) is 0 Å². The molecule has 3 rings (SSSR count). The maximum atomic E-state index is 6.14. The van der Waals surface area contributed by atoms with Crippen molar-refractivity contribution in [3.8, 4) is 22.6 Å². The number of aromatic nitrogens is 1. The van der Waals surface area contributed by atoms with E-state index in [1.165, 1.54) is 0 Å². The van der Waals surface area contributed by atoms with Gasteiger partial charge in [0.2, 0.25) is 0 Å². The molecule has 2 aromatic carbocycles. The van der Waals surface area contributed by atoms with Gasteiger partial charge in [-0.3, -0.25) is 0 Å². The number of oxazole rings is 1. The highest BCUT2D eigenvalue weighted by Gasteiger charge is 2.17. The van der Waals surface area contributed by atoms with Crippen LogP contribution < -0.4 is 0 Å². The Balaban J connectivity index is 1.85. The monoisotopic (exact) mass is 352 g/mol. The zero-order valence-corrected chi connectivity index (χ0v) is 15.6. The van der Waals surface area contributed by atoms with Gasteiger partial charge in [-0.2, -0.15) is 0 Å². The zero-order valence-electron chi connectivity index (χ0n) is 14.8. The van der Waals surface area contributed by atoms with E-state index < -0.39 is 0 Å². The Morgan fingerprint density at radius 1 is 0.880 bits per heavy atom. The lowest BCUT2D eigenvalue weighted by Gasteiger charge is -2.16. The van der Waals surface area contributed by atoms with E-state index in [4.69, 9.17) is 9.40 Å². The van der Waals surface area contributed by atoms with Crippen LogP contribution >= 0.6 is 11.8 Å². The summed E-state index contributed by atoms with van der Waals surface area (Å²) in [6.45, 7) is 7.59. The van der Waals surface area contributed by atoms with Crippen LogP contribution in [0.2, 0.25) is 0 Å². The van der Waals surface area contributed by atoms with Gasteiger partial charge in [0.1, 0.15) is 5.69 Å². The highest BCUT2D eigenvalue weighted by atomic mass is 32.2. The van der Waals surface area contributed by atoms with Gasteiger partial charge >= 0.3 is 0 Å². The molecule has 0 aliphatic rings. The first-order valence-corrected chi connectivity index (χ1v) is 9.77. The molecule has 0 fully saturated rings. The van der Waals surface area contributed by atoms with Crippen LogP contribution in [-0.4, -0.2) is 35.3 Å². The lowest BCUT2D eigenvalue weighted by molar-refractivity contribution is 0.323. The molecule has 4 heteroatoms. The van der Waals surface area contributed by atoms with Gasteiger partial charge in [-0.1, -0.05) is 86.3 Å². The Bertz CT molecular complexity index is 710. The molecule has 0 unspecified atom stereocenters. The number of nitrogens with zero attached hydrogens (tertiary/aromatic N) is 2. The summed E-state index contributed by atoms with van der Waals surface area (Å²) < 4.78 is 6.14. The maximum Gasteiger partial charge on any atom is 0.256 e. The highest BCUT2D eigenvalue weighted by molar-refractivity contribution is 7.99. The van der Waals surface area contributed by atoms with Crippen molar-refractivity contribution in [2.45, 2.75) is 19.1 Å². The van der Waals surface area contributed by atoms with E-state index in [-0.39, 0.29) is 0 Å². The molecule has 3 nitrogen and oxygen atoms in total. The Morgan fingerprint density at radius 3 is 2.08 bits per heavy atom. The van der Waals surface area contributed by atoms with Gasteiger partial charge < -0.3 is 9.32 Å². The Kier molecular flexibility index (Phi) is 6.31. The number of hydrogen-bond acceptors (Lipinski definition) is 4. The van der Waals surface area contributed by atoms with E-state index in [0.717, 1.165) is 53.2 Å². The van der Waals surface area contributed by atoms with E-state index in [1.54, 1.807) is 11.8 Å². The number of hydrogen-bond donors (Lipinski definition) is 0. The van der Waals surface area contributed by atoms with Gasteiger partial charge in [-0.25, -0.2) is 4.98 Å². The molecular formula is C21H24N2OS. The van der Waals surface area contributed by atoms with E-state index in [2.05, 4.69) is 43.0 Å². The van der Waals surface area contributed by atoms with E-state index in [0.29, 0.717) is 0 Å². The van der Waals surface area contributed by atoms with Crippen molar-refractivity contribution in [2.75, 3.05) is 25.4 Å². The molecule has 0 N–H and O–H groups in total. The lowest BCUT2D eigenvalue weighted by atomic mass is 10.1. The predicted molar refractivity (Wildman–Crippen MR) is 106 cm³/mol. The quantitative estimate of drug-likeness (QED) is 0.505. The SMILES string of the molecule is CCN(CC)CCSc1nc(-c2ccccc2)c(-c2ccccc2)o1. The van der Waals surface area contributed by atoms with Crippen molar-refractivity contribution in [3.05, 3.63) is 60.7 Å².